The summed E-state index contributed by atoms with van der Waals surface area (Å²) in [7, 11) is 1.71. The van der Waals surface area contributed by atoms with Gasteiger partial charge in [-0.15, -0.1) is 24.0 Å². The lowest BCUT2D eigenvalue weighted by Crippen LogP contribution is -2.46. The first-order valence-electron chi connectivity index (χ1n) is 10.5. The van der Waals surface area contributed by atoms with Gasteiger partial charge in [-0.05, 0) is 49.8 Å². The van der Waals surface area contributed by atoms with E-state index in [2.05, 4.69) is 33.8 Å². The fourth-order valence-corrected chi connectivity index (χ4v) is 3.64. The summed E-state index contributed by atoms with van der Waals surface area (Å²) in [4.78, 5) is 18.7. The number of rotatable bonds is 7. The number of benzene rings is 1. The van der Waals surface area contributed by atoms with Crippen LogP contribution in [0, 0.1) is 5.92 Å². The summed E-state index contributed by atoms with van der Waals surface area (Å²) in [5.74, 6) is 1.58. The van der Waals surface area contributed by atoms with Gasteiger partial charge >= 0.3 is 0 Å². The van der Waals surface area contributed by atoms with Gasteiger partial charge in [-0.25, -0.2) is 4.68 Å². The minimum atomic E-state index is 0. The molecule has 7 nitrogen and oxygen atoms in total. The number of carbonyl (C=O) groups is 1. The van der Waals surface area contributed by atoms with Crippen LogP contribution in [0.5, 0.6) is 0 Å². The Morgan fingerprint density at radius 1 is 1.23 bits per heavy atom. The smallest absolute Gasteiger partial charge is 0.220 e. The summed E-state index contributed by atoms with van der Waals surface area (Å²) in [6.45, 7) is 5.56. The van der Waals surface area contributed by atoms with Gasteiger partial charge in [0.1, 0.15) is 0 Å². The van der Waals surface area contributed by atoms with Crippen LogP contribution in [0.4, 0.5) is 0 Å². The zero-order valence-corrected chi connectivity index (χ0v) is 20.2. The Balaban J connectivity index is 0.00000320. The Bertz CT molecular complexity index is 799. The third kappa shape index (κ3) is 7.00. The third-order valence-electron chi connectivity index (χ3n) is 5.32. The lowest BCUT2D eigenvalue weighted by Gasteiger charge is -2.34. The van der Waals surface area contributed by atoms with Crippen molar-refractivity contribution >= 4 is 35.8 Å². The van der Waals surface area contributed by atoms with E-state index >= 15 is 0 Å². The number of carbonyl (C=O) groups excluding carboxylic acids is 1. The highest BCUT2D eigenvalue weighted by molar-refractivity contribution is 14.0. The molecule has 0 atom stereocenters. The number of hydrogen-bond donors (Lipinski definition) is 2. The minimum Gasteiger partial charge on any atom is -0.359 e. The molecule has 8 heteroatoms. The Hall–Kier alpha value is -2.10. The first-order valence-corrected chi connectivity index (χ1v) is 10.5. The second-order valence-corrected chi connectivity index (χ2v) is 7.42. The van der Waals surface area contributed by atoms with Crippen molar-refractivity contribution in [2.24, 2.45) is 10.9 Å². The molecule has 1 aromatic carbocycles. The number of nitrogens with zero attached hydrogens (tertiary/aromatic N) is 4. The Labute approximate surface area is 196 Å². The van der Waals surface area contributed by atoms with Gasteiger partial charge in [-0.2, -0.15) is 5.10 Å². The van der Waals surface area contributed by atoms with Crippen LogP contribution in [0.2, 0.25) is 0 Å². The van der Waals surface area contributed by atoms with Gasteiger partial charge in [0.25, 0.3) is 0 Å². The SMILES string of the molecule is CCNC(=NCCc1cnn(-c2ccccc2)c1)N1CCC(CC(=O)NC)CC1.I. The van der Waals surface area contributed by atoms with Crippen molar-refractivity contribution in [2.45, 2.75) is 32.6 Å². The molecule has 2 N–H and O–H groups in total. The number of likely N-dealkylation sites (tertiary alicyclic amines) is 1. The first-order chi connectivity index (χ1) is 14.2. The molecule has 30 heavy (non-hydrogen) atoms. The van der Waals surface area contributed by atoms with Crippen LogP contribution in [-0.4, -0.2) is 59.8 Å². The quantitative estimate of drug-likeness (QED) is 0.332. The highest BCUT2D eigenvalue weighted by atomic mass is 127. The number of amides is 1. The molecular weight excluding hydrogens is 491 g/mol. The van der Waals surface area contributed by atoms with E-state index < -0.39 is 0 Å². The van der Waals surface area contributed by atoms with Crippen molar-refractivity contribution in [1.82, 2.24) is 25.3 Å². The molecule has 0 saturated carbocycles. The van der Waals surface area contributed by atoms with E-state index in [1.165, 1.54) is 5.56 Å². The molecule has 0 spiro atoms. The Morgan fingerprint density at radius 2 is 1.97 bits per heavy atom. The lowest BCUT2D eigenvalue weighted by molar-refractivity contribution is -0.121. The maximum Gasteiger partial charge on any atom is 0.220 e. The number of hydrogen-bond acceptors (Lipinski definition) is 3. The van der Waals surface area contributed by atoms with E-state index in [1.54, 1.807) is 7.05 Å². The van der Waals surface area contributed by atoms with Crippen LogP contribution in [0.15, 0.2) is 47.7 Å². The molecule has 2 aromatic rings. The van der Waals surface area contributed by atoms with Crippen LogP contribution >= 0.6 is 24.0 Å². The summed E-state index contributed by atoms with van der Waals surface area (Å²) in [5.41, 5.74) is 2.24. The van der Waals surface area contributed by atoms with Crippen LogP contribution in [-0.2, 0) is 11.2 Å². The second kappa shape index (κ2) is 12.6. The molecule has 1 saturated heterocycles. The monoisotopic (exact) mass is 524 g/mol. The van der Waals surface area contributed by atoms with Crippen LogP contribution in [0.1, 0.15) is 31.7 Å². The molecule has 2 heterocycles. The van der Waals surface area contributed by atoms with Crippen molar-refractivity contribution in [2.75, 3.05) is 33.2 Å². The van der Waals surface area contributed by atoms with E-state index in [0.29, 0.717) is 12.3 Å². The predicted octanol–water partition coefficient (Wildman–Crippen LogP) is 2.85. The summed E-state index contributed by atoms with van der Waals surface area (Å²) >= 11 is 0. The van der Waals surface area contributed by atoms with Gasteiger partial charge in [-0.1, -0.05) is 18.2 Å². The molecule has 1 aliphatic rings. The molecule has 0 unspecified atom stereocenters. The highest BCUT2D eigenvalue weighted by Gasteiger charge is 2.23. The maximum absolute atomic E-state index is 11.6. The van der Waals surface area contributed by atoms with Gasteiger partial charge in [0.2, 0.25) is 5.91 Å². The van der Waals surface area contributed by atoms with Crippen molar-refractivity contribution < 1.29 is 4.79 Å². The molecule has 0 radical (unpaired) electrons. The topological polar surface area (TPSA) is 74.5 Å². The number of aromatic nitrogens is 2. The summed E-state index contributed by atoms with van der Waals surface area (Å²) < 4.78 is 1.90. The fraction of sp³-hybridized carbons (Fsp3) is 0.500. The van der Waals surface area contributed by atoms with Gasteiger partial charge in [0, 0.05) is 45.8 Å². The van der Waals surface area contributed by atoms with Gasteiger partial charge in [0.15, 0.2) is 5.96 Å². The molecule has 1 aromatic heterocycles. The molecule has 1 aliphatic heterocycles. The molecule has 0 aliphatic carbocycles. The van der Waals surface area contributed by atoms with Crippen molar-refractivity contribution in [3.8, 4) is 5.69 Å². The molecule has 3 rings (SSSR count). The van der Waals surface area contributed by atoms with Crippen molar-refractivity contribution in [3.05, 3.63) is 48.3 Å². The molecule has 1 fully saturated rings. The lowest BCUT2D eigenvalue weighted by atomic mass is 9.93. The van der Waals surface area contributed by atoms with Gasteiger partial charge in [0.05, 0.1) is 11.9 Å². The van der Waals surface area contributed by atoms with E-state index in [-0.39, 0.29) is 29.9 Å². The first kappa shape index (κ1) is 24.2. The summed E-state index contributed by atoms with van der Waals surface area (Å²) in [6.07, 6.45) is 7.53. The number of nitrogens with one attached hydrogen (secondary N) is 2. The standard InChI is InChI=1S/C22H32N6O.HI/c1-3-24-22(27-13-10-18(11-14-27)15-21(29)23-2)25-12-9-19-16-26-28(17-19)20-7-5-4-6-8-20;/h4-8,16-18H,3,9-15H2,1-2H3,(H,23,29)(H,24,25);1H. The maximum atomic E-state index is 11.6. The van der Waals surface area contributed by atoms with E-state index in [0.717, 1.165) is 57.1 Å². The molecule has 1 amide bonds. The third-order valence-corrected chi connectivity index (χ3v) is 5.32. The Morgan fingerprint density at radius 3 is 2.63 bits per heavy atom. The average molecular weight is 524 g/mol. The van der Waals surface area contributed by atoms with Crippen LogP contribution in [0.25, 0.3) is 5.69 Å². The van der Waals surface area contributed by atoms with Gasteiger partial charge < -0.3 is 15.5 Å². The largest absolute Gasteiger partial charge is 0.359 e. The van der Waals surface area contributed by atoms with E-state index in [9.17, 15) is 4.79 Å². The zero-order chi connectivity index (χ0) is 20.5. The second-order valence-electron chi connectivity index (χ2n) is 7.42. The van der Waals surface area contributed by atoms with E-state index in [4.69, 9.17) is 4.99 Å². The number of halogens is 1. The highest BCUT2D eigenvalue weighted by Crippen LogP contribution is 2.20. The minimum absolute atomic E-state index is 0. The van der Waals surface area contributed by atoms with Crippen molar-refractivity contribution in [3.63, 3.8) is 0 Å². The summed E-state index contributed by atoms with van der Waals surface area (Å²) in [5, 5.41) is 10.6. The number of aliphatic imine (C=N–C) groups is 1. The molecular formula is C22H33IN6O. The summed E-state index contributed by atoms with van der Waals surface area (Å²) in [6, 6.07) is 10.1. The number of piperidine rings is 1. The Kier molecular flexibility index (Phi) is 10.1. The molecule has 164 valence electrons. The average Bonchev–Trinajstić information content (AvgIpc) is 3.23. The van der Waals surface area contributed by atoms with E-state index in [1.807, 2.05) is 41.2 Å². The number of para-hydroxylation sites is 1. The van der Waals surface area contributed by atoms with Gasteiger partial charge in [-0.3, -0.25) is 9.79 Å². The number of guanidine groups is 1. The van der Waals surface area contributed by atoms with Crippen molar-refractivity contribution in [1.29, 1.82) is 0 Å². The normalized spacial score (nSPS) is 14.9. The fourth-order valence-electron chi connectivity index (χ4n) is 3.64. The predicted molar refractivity (Wildman–Crippen MR) is 132 cm³/mol. The molecule has 0 bridgehead atoms. The van der Waals surface area contributed by atoms with Crippen LogP contribution in [0.3, 0.4) is 0 Å². The van der Waals surface area contributed by atoms with Crippen LogP contribution < -0.4 is 10.6 Å². The zero-order valence-electron chi connectivity index (χ0n) is 17.9.